The van der Waals surface area contributed by atoms with Crippen molar-refractivity contribution in [3.05, 3.63) is 59.7 Å². The van der Waals surface area contributed by atoms with Gasteiger partial charge in [0.15, 0.2) is 17.3 Å². The molecule has 298 valence electrons. The summed E-state index contributed by atoms with van der Waals surface area (Å²) in [5.41, 5.74) is 1.62. The minimum absolute atomic E-state index is 0.00110. The fourth-order valence-corrected chi connectivity index (χ4v) is 9.42. The lowest BCUT2D eigenvalue weighted by atomic mass is 9.76. The van der Waals surface area contributed by atoms with Crippen molar-refractivity contribution in [3.8, 4) is 0 Å². The van der Waals surface area contributed by atoms with Gasteiger partial charge in [-0.1, -0.05) is 96.6 Å². The molecule has 3 aliphatic rings. The van der Waals surface area contributed by atoms with Crippen LogP contribution < -0.4 is 5.32 Å². The number of carbonyl (C=O) groups is 6. The molecule has 0 spiro atoms. The molecule has 10 nitrogen and oxygen atoms in total. The number of aryl methyl sites for hydroxylation is 1. The number of nitrogens with one attached hydrogen (secondary N) is 1. The number of Topliss-reactive ketones (excluding diaryl/α,β-unsaturated/α-hetero) is 4. The van der Waals surface area contributed by atoms with Crippen molar-refractivity contribution in [1.82, 2.24) is 20.2 Å². The summed E-state index contributed by atoms with van der Waals surface area (Å²) in [7, 11) is 0. The summed E-state index contributed by atoms with van der Waals surface area (Å²) in [6.45, 7) is 12.0. The molecule has 10 heteroatoms. The van der Waals surface area contributed by atoms with Gasteiger partial charge in [-0.3, -0.25) is 33.8 Å². The van der Waals surface area contributed by atoms with Gasteiger partial charge in [0.1, 0.15) is 11.7 Å². The average Bonchev–Trinajstić information content (AvgIpc) is 3.77. The molecule has 2 aliphatic carbocycles. The van der Waals surface area contributed by atoms with Gasteiger partial charge in [-0.15, -0.1) is 0 Å². The first kappa shape index (κ1) is 42.1. The van der Waals surface area contributed by atoms with E-state index in [-0.39, 0.29) is 72.0 Å². The molecular formula is C45H62N4O6. The van der Waals surface area contributed by atoms with E-state index >= 15 is 0 Å². The minimum Gasteiger partial charge on any atom is -0.344 e. The topological polar surface area (TPSA) is 143 Å². The number of hydrogen-bond acceptors (Lipinski definition) is 8. The predicted octanol–water partition coefficient (Wildman–Crippen LogP) is 7.42. The van der Waals surface area contributed by atoms with E-state index in [2.05, 4.69) is 15.3 Å². The summed E-state index contributed by atoms with van der Waals surface area (Å²) in [6.07, 6.45) is 12.8. The lowest BCUT2D eigenvalue weighted by molar-refractivity contribution is -0.146. The van der Waals surface area contributed by atoms with Gasteiger partial charge in [-0.2, -0.15) is 0 Å². The molecule has 55 heavy (non-hydrogen) atoms. The first-order valence-electron chi connectivity index (χ1n) is 20.8. The second-order valence-corrected chi connectivity index (χ2v) is 17.8. The van der Waals surface area contributed by atoms with Crippen molar-refractivity contribution in [2.45, 2.75) is 143 Å². The number of benzene rings is 1. The fourth-order valence-electron chi connectivity index (χ4n) is 9.42. The van der Waals surface area contributed by atoms with Crippen LogP contribution in [0.2, 0.25) is 0 Å². The van der Waals surface area contributed by atoms with Crippen LogP contribution in [0.1, 0.15) is 146 Å². The zero-order valence-electron chi connectivity index (χ0n) is 33.9. The molecule has 2 heterocycles. The van der Waals surface area contributed by atoms with Crippen molar-refractivity contribution in [2.75, 3.05) is 6.54 Å². The number of nitrogens with zero attached hydrogens (tertiary/aromatic N) is 3. The molecule has 5 rings (SSSR count). The second kappa shape index (κ2) is 18.7. The van der Waals surface area contributed by atoms with Crippen LogP contribution in [0, 0.1) is 41.9 Å². The Labute approximate surface area is 327 Å². The number of aromatic nitrogens is 2. The third-order valence-corrected chi connectivity index (χ3v) is 12.6. The number of rotatable bonds is 17. The molecule has 3 fully saturated rings. The lowest BCUT2D eigenvalue weighted by Gasteiger charge is -2.38. The Morgan fingerprint density at radius 2 is 1.60 bits per heavy atom. The Morgan fingerprint density at radius 1 is 0.891 bits per heavy atom. The molecule has 0 radical (unpaired) electrons. The molecule has 2 aromatic rings. The Hall–Kier alpha value is -4.08. The molecule has 1 unspecified atom stereocenters. The summed E-state index contributed by atoms with van der Waals surface area (Å²) in [5.74, 6) is -3.40. The van der Waals surface area contributed by atoms with Crippen molar-refractivity contribution >= 4 is 34.9 Å². The largest absolute Gasteiger partial charge is 0.344 e. The maximum atomic E-state index is 14.8. The normalized spacial score (nSPS) is 22.3. The molecule has 2 saturated carbocycles. The molecule has 2 amide bonds. The van der Waals surface area contributed by atoms with Crippen LogP contribution in [-0.4, -0.2) is 68.4 Å². The van der Waals surface area contributed by atoms with Crippen molar-refractivity contribution < 1.29 is 28.8 Å². The highest BCUT2D eigenvalue weighted by molar-refractivity contribution is 6.38. The van der Waals surface area contributed by atoms with Gasteiger partial charge in [-0.05, 0) is 73.7 Å². The molecule has 1 saturated heterocycles. The van der Waals surface area contributed by atoms with Crippen molar-refractivity contribution in [2.24, 2.45) is 35.0 Å². The fraction of sp³-hybridized carbons (Fsp3) is 0.644. The van der Waals surface area contributed by atoms with Crippen molar-refractivity contribution in [1.29, 1.82) is 0 Å². The van der Waals surface area contributed by atoms with E-state index in [0.29, 0.717) is 19.4 Å². The molecule has 1 aromatic heterocycles. The standard InChI is InChI=1S/C45H62N4O6/c1-7-12-32(41(53)39(52)23-29(3)30-19-17-28(2)18-20-30)24-38(51)40-34-16-11-15-33(34)27-49(40)44(55)42(45(4,5)6)48-43(54)35(31-13-9-8-10-14-31)25-37(50)36-26-46-21-22-47-36/h17-22,26,29,31-35,40,42H,7-16,23-25,27H2,1-6H3,(H,48,54)/t29-,32-,33?,34-,35+,40-,42+/m0/s1. The van der Waals surface area contributed by atoms with Gasteiger partial charge in [0, 0.05) is 50.0 Å². The Bertz CT molecular complexity index is 1680. The van der Waals surface area contributed by atoms with E-state index in [0.717, 1.165) is 62.5 Å². The van der Waals surface area contributed by atoms with E-state index in [1.54, 1.807) is 4.90 Å². The minimum atomic E-state index is -0.940. The highest BCUT2D eigenvalue weighted by Gasteiger charge is 2.52. The van der Waals surface area contributed by atoms with E-state index < -0.39 is 40.9 Å². The maximum Gasteiger partial charge on any atom is 0.246 e. The molecule has 1 aromatic carbocycles. The van der Waals surface area contributed by atoms with E-state index in [1.165, 1.54) is 18.6 Å². The number of hydrogen-bond donors (Lipinski definition) is 1. The monoisotopic (exact) mass is 754 g/mol. The van der Waals surface area contributed by atoms with Gasteiger partial charge in [0.05, 0.1) is 12.2 Å². The number of amides is 2. The van der Waals surface area contributed by atoms with Gasteiger partial charge in [0.2, 0.25) is 17.6 Å². The summed E-state index contributed by atoms with van der Waals surface area (Å²) >= 11 is 0. The maximum absolute atomic E-state index is 14.8. The summed E-state index contributed by atoms with van der Waals surface area (Å²) in [5, 5.41) is 3.11. The van der Waals surface area contributed by atoms with Crippen LogP contribution in [-0.2, 0) is 24.0 Å². The van der Waals surface area contributed by atoms with Gasteiger partial charge in [-0.25, -0.2) is 4.98 Å². The van der Waals surface area contributed by atoms with Crippen LogP contribution in [0.25, 0.3) is 0 Å². The molecule has 1 aliphatic heterocycles. The Kier molecular flexibility index (Phi) is 14.3. The lowest BCUT2D eigenvalue weighted by Crippen LogP contribution is -2.58. The molecular weight excluding hydrogens is 693 g/mol. The zero-order valence-corrected chi connectivity index (χ0v) is 33.9. The predicted molar refractivity (Wildman–Crippen MR) is 211 cm³/mol. The number of carbonyl (C=O) groups excluding carboxylic acids is 6. The number of fused-ring (bicyclic) bond motifs is 1. The smallest absolute Gasteiger partial charge is 0.246 e. The summed E-state index contributed by atoms with van der Waals surface area (Å²) < 4.78 is 0. The second-order valence-electron chi connectivity index (χ2n) is 17.8. The highest BCUT2D eigenvalue weighted by atomic mass is 16.2. The SMILES string of the molecule is CCC[C@@H](CC(=O)[C@@H]1[C@H]2CCCC2CN1C(=O)[C@@H](NC(=O)[C@H](CC(=O)c1cnccn1)C1CCCCC1)C(C)(C)C)C(=O)C(=O)C[C@H](C)c1ccc(C)cc1. The van der Waals surface area contributed by atoms with Crippen LogP contribution in [0.4, 0.5) is 0 Å². The third-order valence-electron chi connectivity index (χ3n) is 12.6. The quantitative estimate of drug-likeness (QED) is 0.130. The van der Waals surface area contributed by atoms with Gasteiger partial charge in [0.25, 0.3) is 0 Å². The van der Waals surface area contributed by atoms with Gasteiger partial charge < -0.3 is 10.2 Å². The molecule has 1 N–H and O–H groups in total. The third kappa shape index (κ3) is 10.4. The van der Waals surface area contributed by atoms with Crippen molar-refractivity contribution in [3.63, 3.8) is 0 Å². The summed E-state index contributed by atoms with van der Waals surface area (Å²) in [4.78, 5) is 94.0. The van der Waals surface area contributed by atoms with Crippen LogP contribution in [0.5, 0.6) is 0 Å². The Morgan fingerprint density at radius 3 is 2.24 bits per heavy atom. The van der Waals surface area contributed by atoms with Crippen LogP contribution in [0.15, 0.2) is 42.9 Å². The van der Waals surface area contributed by atoms with E-state index in [9.17, 15) is 28.8 Å². The first-order chi connectivity index (χ1) is 26.2. The van der Waals surface area contributed by atoms with E-state index in [1.807, 2.05) is 65.8 Å². The number of likely N-dealkylation sites (tertiary alicyclic amines) is 1. The molecule has 0 bridgehead atoms. The highest BCUT2D eigenvalue weighted by Crippen LogP contribution is 2.44. The van der Waals surface area contributed by atoms with Crippen LogP contribution >= 0.6 is 0 Å². The molecule has 7 atom stereocenters. The van der Waals surface area contributed by atoms with E-state index in [4.69, 9.17) is 0 Å². The number of ketones is 4. The zero-order chi connectivity index (χ0) is 39.9. The average molecular weight is 755 g/mol. The van der Waals surface area contributed by atoms with Crippen LogP contribution in [0.3, 0.4) is 0 Å². The first-order valence-corrected chi connectivity index (χ1v) is 20.8. The van der Waals surface area contributed by atoms with Gasteiger partial charge >= 0.3 is 0 Å². The summed E-state index contributed by atoms with van der Waals surface area (Å²) in [6, 6.07) is 6.30. The Balaban J connectivity index is 1.34.